The van der Waals surface area contributed by atoms with E-state index in [4.69, 9.17) is 25.8 Å². The lowest BCUT2D eigenvalue weighted by atomic mass is 10.1. The Morgan fingerprint density at radius 2 is 1.60 bits per heavy atom. The van der Waals surface area contributed by atoms with Gasteiger partial charge in [0.2, 0.25) is 0 Å². The molecule has 0 heterocycles. The standard InChI is InChI=1S/C25H28ClNO3/c1-3-29-25-16-19(17-27-15-14-20-8-5-7-11-23(20)28-2)12-13-24(25)30-18-21-9-4-6-10-22(21)26/h4-13,16,27H,3,14-15,17-18H2,1-2H3. The van der Waals surface area contributed by atoms with E-state index in [1.54, 1.807) is 7.11 Å². The lowest BCUT2D eigenvalue weighted by Gasteiger charge is -2.14. The second-order valence-corrected chi connectivity index (χ2v) is 7.24. The van der Waals surface area contributed by atoms with E-state index >= 15 is 0 Å². The molecule has 30 heavy (non-hydrogen) atoms. The number of hydrogen-bond acceptors (Lipinski definition) is 4. The minimum absolute atomic E-state index is 0.399. The van der Waals surface area contributed by atoms with Crippen LogP contribution in [0.1, 0.15) is 23.6 Å². The zero-order valence-corrected chi connectivity index (χ0v) is 18.2. The first-order valence-electron chi connectivity index (χ1n) is 10.2. The van der Waals surface area contributed by atoms with E-state index < -0.39 is 0 Å². The predicted molar refractivity (Wildman–Crippen MR) is 122 cm³/mol. The normalized spacial score (nSPS) is 10.6. The van der Waals surface area contributed by atoms with Gasteiger partial charge in [0.25, 0.3) is 0 Å². The van der Waals surface area contributed by atoms with Crippen LogP contribution in [0.5, 0.6) is 17.2 Å². The number of nitrogens with one attached hydrogen (secondary N) is 1. The van der Waals surface area contributed by atoms with Crippen LogP contribution in [-0.4, -0.2) is 20.3 Å². The lowest BCUT2D eigenvalue weighted by molar-refractivity contribution is 0.269. The summed E-state index contributed by atoms with van der Waals surface area (Å²) in [6.45, 7) is 4.55. The van der Waals surface area contributed by atoms with Crippen molar-refractivity contribution < 1.29 is 14.2 Å². The highest BCUT2D eigenvalue weighted by atomic mass is 35.5. The molecule has 5 heteroatoms. The molecule has 4 nitrogen and oxygen atoms in total. The Bertz CT molecular complexity index is 945. The zero-order chi connectivity index (χ0) is 21.2. The maximum Gasteiger partial charge on any atom is 0.161 e. The van der Waals surface area contributed by atoms with E-state index in [1.165, 1.54) is 5.56 Å². The van der Waals surface area contributed by atoms with Crippen molar-refractivity contribution in [1.82, 2.24) is 5.32 Å². The molecule has 0 saturated heterocycles. The van der Waals surface area contributed by atoms with Crippen LogP contribution in [0.4, 0.5) is 0 Å². The Morgan fingerprint density at radius 3 is 2.37 bits per heavy atom. The third kappa shape index (κ3) is 6.15. The third-order valence-corrected chi connectivity index (χ3v) is 5.11. The molecule has 0 amide bonds. The average molecular weight is 426 g/mol. The molecule has 1 N–H and O–H groups in total. The summed E-state index contributed by atoms with van der Waals surface area (Å²) in [5.74, 6) is 2.39. The van der Waals surface area contributed by atoms with Crippen LogP contribution >= 0.6 is 11.6 Å². The first kappa shape index (κ1) is 22.0. The lowest BCUT2D eigenvalue weighted by Crippen LogP contribution is -2.17. The Labute approximate surface area is 183 Å². The van der Waals surface area contributed by atoms with Gasteiger partial charge < -0.3 is 19.5 Å². The molecule has 0 bridgehead atoms. The maximum atomic E-state index is 6.22. The van der Waals surface area contributed by atoms with Gasteiger partial charge in [-0.15, -0.1) is 0 Å². The smallest absolute Gasteiger partial charge is 0.161 e. The van der Waals surface area contributed by atoms with Crippen LogP contribution in [0.3, 0.4) is 0 Å². The van der Waals surface area contributed by atoms with Crippen LogP contribution in [0.25, 0.3) is 0 Å². The molecule has 0 fully saturated rings. The summed E-state index contributed by atoms with van der Waals surface area (Å²) >= 11 is 6.22. The summed E-state index contributed by atoms with van der Waals surface area (Å²) in [5.41, 5.74) is 3.29. The van der Waals surface area contributed by atoms with Gasteiger partial charge in [-0.1, -0.05) is 54.1 Å². The van der Waals surface area contributed by atoms with Crippen LogP contribution in [-0.2, 0) is 19.6 Å². The molecule has 3 aromatic carbocycles. The van der Waals surface area contributed by atoms with Crippen molar-refractivity contribution in [3.8, 4) is 17.2 Å². The molecule has 0 radical (unpaired) electrons. The fraction of sp³-hybridized carbons (Fsp3) is 0.280. The molecule has 0 aliphatic rings. The first-order chi connectivity index (χ1) is 14.7. The number of para-hydroxylation sites is 1. The molecule has 3 rings (SSSR count). The second kappa shape index (κ2) is 11.5. The summed E-state index contributed by atoms with van der Waals surface area (Å²) in [6.07, 6.45) is 0.904. The molecule has 0 aliphatic heterocycles. The number of benzene rings is 3. The monoisotopic (exact) mass is 425 g/mol. The Kier molecular flexibility index (Phi) is 8.42. The maximum absolute atomic E-state index is 6.22. The average Bonchev–Trinajstić information content (AvgIpc) is 2.77. The first-order valence-corrected chi connectivity index (χ1v) is 10.5. The summed E-state index contributed by atoms with van der Waals surface area (Å²) < 4.78 is 17.2. The van der Waals surface area contributed by atoms with Crippen LogP contribution in [0.2, 0.25) is 5.02 Å². The van der Waals surface area contributed by atoms with Crippen molar-refractivity contribution in [2.75, 3.05) is 20.3 Å². The van der Waals surface area contributed by atoms with Gasteiger partial charge in [0.1, 0.15) is 12.4 Å². The van der Waals surface area contributed by atoms with Crippen molar-refractivity contribution in [3.05, 3.63) is 88.4 Å². The van der Waals surface area contributed by atoms with Crippen molar-refractivity contribution in [2.24, 2.45) is 0 Å². The number of hydrogen-bond donors (Lipinski definition) is 1. The highest BCUT2D eigenvalue weighted by Gasteiger charge is 2.09. The Hall–Kier alpha value is -2.69. The Balaban J connectivity index is 1.57. The zero-order valence-electron chi connectivity index (χ0n) is 17.5. The van der Waals surface area contributed by atoms with Gasteiger partial charge in [-0.25, -0.2) is 0 Å². The van der Waals surface area contributed by atoms with E-state index in [2.05, 4.69) is 17.4 Å². The van der Waals surface area contributed by atoms with Gasteiger partial charge in [0, 0.05) is 17.1 Å². The summed E-state index contributed by atoms with van der Waals surface area (Å²) in [7, 11) is 1.71. The molecule has 0 saturated carbocycles. The van der Waals surface area contributed by atoms with Gasteiger partial charge in [0.15, 0.2) is 11.5 Å². The Morgan fingerprint density at radius 1 is 0.833 bits per heavy atom. The minimum atomic E-state index is 0.399. The molecule has 0 aromatic heterocycles. The molecule has 0 atom stereocenters. The highest BCUT2D eigenvalue weighted by molar-refractivity contribution is 6.31. The van der Waals surface area contributed by atoms with E-state index in [1.807, 2.05) is 61.5 Å². The number of methoxy groups -OCH3 is 1. The minimum Gasteiger partial charge on any atom is -0.496 e. The van der Waals surface area contributed by atoms with E-state index in [-0.39, 0.29) is 0 Å². The van der Waals surface area contributed by atoms with Crippen LogP contribution in [0, 0.1) is 0 Å². The second-order valence-electron chi connectivity index (χ2n) is 6.83. The third-order valence-electron chi connectivity index (χ3n) is 4.74. The molecule has 3 aromatic rings. The quantitative estimate of drug-likeness (QED) is 0.402. The highest BCUT2D eigenvalue weighted by Crippen LogP contribution is 2.30. The fourth-order valence-electron chi connectivity index (χ4n) is 3.19. The summed E-state index contributed by atoms with van der Waals surface area (Å²) in [6, 6.07) is 21.8. The number of rotatable bonds is 11. The SMILES string of the molecule is CCOc1cc(CNCCc2ccccc2OC)ccc1OCc1ccccc1Cl. The van der Waals surface area contributed by atoms with Crippen molar-refractivity contribution in [3.63, 3.8) is 0 Å². The van der Waals surface area contributed by atoms with Crippen LogP contribution < -0.4 is 19.5 Å². The van der Waals surface area contributed by atoms with Gasteiger partial charge >= 0.3 is 0 Å². The molecular formula is C25H28ClNO3. The molecule has 0 unspecified atom stereocenters. The molecular weight excluding hydrogens is 398 g/mol. The summed E-state index contributed by atoms with van der Waals surface area (Å²) in [4.78, 5) is 0. The molecule has 0 aliphatic carbocycles. The summed E-state index contributed by atoms with van der Waals surface area (Å²) in [5, 5.41) is 4.19. The molecule has 0 spiro atoms. The van der Waals surface area contributed by atoms with Gasteiger partial charge in [0.05, 0.1) is 13.7 Å². The number of ether oxygens (including phenoxy) is 3. The van der Waals surface area contributed by atoms with Crippen LogP contribution in [0.15, 0.2) is 66.7 Å². The van der Waals surface area contributed by atoms with Crippen molar-refractivity contribution in [1.29, 1.82) is 0 Å². The van der Waals surface area contributed by atoms with Crippen molar-refractivity contribution in [2.45, 2.75) is 26.5 Å². The number of halogens is 1. The van der Waals surface area contributed by atoms with E-state index in [0.717, 1.165) is 47.9 Å². The largest absolute Gasteiger partial charge is 0.496 e. The van der Waals surface area contributed by atoms with Gasteiger partial charge in [-0.3, -0.25) is 0 Å². The molecule has 158 valence electrons. The fourth-order valence-corrected chi connectivity index (χ4v) is 3.38. The van der Waals surface area contributed by atoms with E-state index in [0.29, 0.717) is 18.2 Å². The topological polar surface area (TPSA) is 39.7 Å². The predicted octanol–water partition coefficient (Wildman–Crippen LogP) is 5.66. The van der Waals surface area contributed by atoms with E-state index in [9.17, 15) is 0 Å². The van der Waals surface area contributed by atoms with Crippen molar-refractivity contribution >= 4 is 11.6 Å². The van der Waals surface area contributed by atoms with Gasteiger partial charge in [-0.2, -0.15) is 0 Å². The van der Waals surface area contributed by atoms with Gasteiger partial charge in [-0.05, 0) is 55.3 Å².